The van der Waals surface area contributed by atoms with Crippen molar-refractivity contribution >= 4 is 5.69 Å². The molecule has 1 aromatic rings. The summed E-state index contributed by atoms with van der Waals surface area (Å²) < 4.78 is 5.29. The smallest absolute Gasteiger partial charge is 0.101 e. The molecular formula is C11H13N3O. The Morgan fingerprint density at radius 3 is 3.20 bits per heavy atom. The second-order valence-electron chi connectivity index (χ2n) is 3.60. The van der Waals surface area contributed by atoms with Gasteiger partial charge in [-0.25, -0.2) is 0 Å². The summed E-state index contributed by atoms with van der Waals surface area (Å²) in [6, 6.07) is 3.93. The summed E-state index contributed by atoms with van der Waals surface area (Å²) in [5.41, 5.74) is 1.60. The van der Waals surface area contributed by atoms with Gasteiger partial charge in [0.25, 0.3) is 0 Å². The molecule has 0 spiro atoms. The van der Waals surface area contributed by atoms with E-state index in [-0.39, 0.29) is 6.10 Å². The lowest BCUT2D eigenvalue weighted by molar-refractivity contribution is 0.121. The minimum absolute atomic E-state index is 0.275. The van der Waals surface area contributed by atoms with Gasteiger partial charge < -0.3 is 9.64 Å². The highest BCUT2D eigenvalue weighted by molar-refractivity contribution is 5.58. The maximum absolute atomic E-state index is 8.97. The van der Waals surface area contributed by atoms with Gasteiger partial charge in [0.2, 0.25) is 0 Å². The predicted octanol–water partition coefficient (Wildman–Crippen LogP) is 1.18. The summed E-state index contributed by atoms with van der Waals surface area (Å²) in [5.74, 6) is 0. The molecule has 4 nitrogen and oxygen atoms in total. The zero-order valence-corrected chi connectivity index (χ0v) is 8.68. The van der Waals surface area contributed by atoms with E-state index in [0.717, 1.165) is 25.2 Å². The minimum atomic E-state index is 0.275. The van der Waals surface area contributed by atoms with Crippen LogP contribution in [0.1, 0.15) is 12.0 Å². The summed E-state index contributed by atoms with van der Waals surface area (Å²) in [5, 5.41) is 8.97. The van der Waals surface area contributed by atoms with Crippen LogP contribution in [0.25, 0.3) is 0 Å². The molecule has 1 saturated heterocycles. The summed E-state index contributed by atoms with van der Waals surface area (Å²) >= 11 is 0. The van der Waals surface area contributed by atoms with Gasteiger partial charge in [-0.1, -0.05) is 0 Å². The molecule has 2 heterocycles. The Bertz CT molecular complexity index is 386. The van der Waals surface area contributed by atoms with Crippen molar-refractivity contribution in [2.75, 3.05) is 25.1 Å². The van der Waals surface area contributed by atoms with Gasteiger partial charge in [-0.15, -0.1) is 0 Å². The summed E-state index contributed by atoms with van der Waals surface area (Å²) in [6.45, 7) is 1.77. The lowest BCUT2D eigenvalue weighted by Crippen LogP contribution is -2.23. The minimum Gasteiger partial charge on any atom is -0.380 e. The Hall–Kier alpha value is -1.60. The van der Waals surface area contributed by atoms with Crippen LogP contribution in [0.2, 0.25) is 0 Å². The zero-order chi connectivity index (χ0) is 10.7. The molecule has 1 aliphatic rings. The van der Waals surface area contributed by atoms with Gasteiger partial charge in [-0.3, -0.25) is 4.98 Å². The number of nitriles is 1. The van der Waals surface area contributed by atoms with Crippen LogP contribution in [0, 0.1) is 11.3 Å². The number of methoxy groups -OCH3 is 1. The van der Waals surface area contributed by atoms with Gasteiger partial charge in [0.15, 0.2) is 0 Å². The number of aromatic nitrogens is 1. The van der Waals surface area contributed by atoms with E-state index in [1.165, 1.54) is 0 Å². The van der Waals surface area contributed by atoms with Crippen LogP contribution in [0.5, 0.6) is 0 Å². The van der Waals surface area contributed by atoms with Crippen LogP contribution in [0.4, 0.5) is 5.69 Å². The first kappa shape index (κ1) is 9.94. The van der Waals surface area contributed by atoms with Gasteiger partial charge in [-0.2, -0.15) is 5.26 Å². The summed E-state index contributed by atoms with van der Waals surface area (Å²) in [4.78, 5) is 6.21. The van der Waals surface area contributed by atoms with Crippen LogP contribution in [-0.2, 0) is 4.74 Å². The molecule has 0 aromatic carbocycles. The molecule has 0 N–H and O–H groups in total. The molecule has 1 atom stereocenters. The monoisotopic (exact) mass is 203 g/mol. The summed E-state index contributed by atoms with van der Waals surface area (Å²) in [7, 11) is 1.72. The molecule has 78 valence electrons. The van der Waals surface area contributed by atoms with Crippen molar-refractivity contribution in [3.63, 3.8) is 0 Å². The van der Waals surface area contributed by atoms with Gasteiger partial charge in [-0.05, 0) is 12.5 Å². The molecule has 0 radical (unpaired) electrons. The molecule has 1 aromatic heterocycles. The molecule has 1 unspecified atom stereocenters. The topological polar surface area (TPSA) is 49.1 Å². The molecule has 4 heteroatoms. The lowest BCUT2D eigenvalue weighted by atomic mass is 10.2. The van der Waals surface area contributed by atoms with E-state index in [2.05, 4.69) is 16.0 Å². The molecule has 0 saturated carbocycles. The predicted molar refractivity (Wildman–Crippen MR) is 56.6 cm³/mol. The average Bonchev–Trinajstić information content (AvgIpc) is 2.77. The highest BCUT2D eigenvalue weighted by Gasteiger charge is 2.23. The fourth-order valence-electron chi connectivity index (χ4n) is 1.87. The van der Waals surface area contributed by atoms with Crippen molar-refractivity contribution < 1.29 is 4.74 Å². The Morgan fingerprint density at radius 1 is 1.67 bits per heavy atom. The van der Waals surface area contributed by atoms with E-state index < -0.39 is 0 Å². The maximum atomic E-state index is 8.97. The zero-order valence-electron chi connectivity index (χ0n) is 8.68. The van der Waals surface area contributed by atoms with E-state index in [4.69, 9.17) is 10.00 Å². The molecule has 1 aliphatic heterocycles. The average molecular weight is 203 g/mol. The van der Waals surface area contributed by atoms with Crippen LogP contribution in [0.3, 0.4) is 0 Å². The van der Waals surface area contributed by atoms with Crippen molar-refractivity contribution in [2.45, 2.75) is 12.5 Å². The number of rotatable bonds is 2. The number of hydrogen-bond acceptors (Lipinski definition) is 4. The lowest BCUT2D eigenvalue weighted by Gasteiger charge is -2.18. The van der Waals surface area contributed by atoms with Crippen LogP contribution in [-0.4, -0.2) is 31.3 Å². The third-order valence-corrected chi connectivity index (χ3v) is 2.74. The first-order valence-electron chi connectivity index (χ1n) is 4.97. The van der Waals surface area contributed by atoms with E-state index in [0.29, 0.717) is 5.56 Å². The summed E-state index contributed by atoms with van der Waals surface area (Å²) in [6.07, 6.45) is 4.68. The molecule has 0 aliphatic carbocycles. The van der Waals surface area contributed by atoms with Crippen molar-refractivity contribution in [3.8, 4) is 6.07 Å². The van der Waals surface area contributed by atoms with Gasteiger partial charge in [0.1, 0.15) is 6.07 Å². The van der Waals surface area contributed by atoms with Gasteiger partial charge >= 0.3 is 0 Å². The van der Waals surface area contributed by atoms with Crippen molar-refractivity contribution in [1.82, 2.24) is 4.98 Å². The second-order valence-corrected chi connectivity index (χ2v) is 3.60. The van der Waals surface area contributed by atoms with E-state index in [1.54, 1.807) is 25.6 Å². The number of nitrogens with zero attached hydrogens (tertiary/aromatic N) is 3. The van der Waals surface area contributed by atoms with Crippen molar-refractivity contribution in [1.29, 1.82) is 5.26 Å². The molecule has 15 heavy (non-hydrogen) atoms. The number of pyridine rings is 1. The molecule has 1 fully saturated rings. The Morgan fingerprint density at radius 2 is 2.53 bits per heavy atom. The van der Waals surface area contributed by atoms with E-state index in [1.807, 2.05) is 0 Å². The molecule has 0 amide bonds. The first-order valence-corrected chi connectivity index (χ1v) is 4.97. The molecule has 0 bridgehead atoms. The van der Waals surface area contributed by atoms with E-state index >= 15 is 0 Å². The third kappa shape index (κ3) is 1.92. The van der Waals surface area contributed by atoms with E-state index in [9.17, 15) is 0 Å². The second kappa shape index (κ2) is 4.28. The van der Waals surface area contributed by atoms with Gasteiger partial charge in [0.05, 0.1) is 23.6 Å². The van der Waals surface area contributed by atoms with Crippen molar-refractivity contribution in [2.24, 2.45) is 0 Å². The number of hydrogen-bond donors (Lipinski definition) is 0. The quantitative estimate of drug-likeness (QED) is 0.724. The number of anilines is 1. The van der Waals surface area contributed by atoms with Gasteiger partial charge in [0, 0.05) is 26.4 Å². The third-order valence-electron chi connectivity index (χ3n) is 2.74. The largest absolute Gasteiger partial charge is 0.380 e. The Balaban J connectivity index is 2.20. The fraction of sp³-hybridized carbons (Fsp3) is 0.455. The molecule has 2 rings (SSSR count). The Kier molecular flexibility index (Phi) is 2.84. The van der Waals surface area contributed by atoms with Crippen molar-refractivity contribution in [3.05, 3.63) is 24.0 Å². The maximum Gasteiger partial charge on any atom is 0.101 e. The number of ether oxygens (including phenoxy) is 1. The van der Waals surface area contributed by atoms with Crippen LogP contribution in [0.15, 0.2) is 18.5 Å². The highest BCUT2D eigenvalue weighted by atomic mass is 16.5. The highest BCUT2D eigenvalue weighted by Crippen LogP contribution is 2.23. The SMILES string of the molecule is COC1CCN(c2cnccc2C#N)C1. The fourth-order valence-corrected chi connectivity index (χ4v) is 1.87. The standard InChI is InChI=1S/C11H13N3O/c1-15-10-3-5-14(8-10)11-7-13-4-2-9(11)6-12/h2,4,7,10H,3,5,8H2,1H3. The molecular weight excluding hydrogens is 190 g/mol. The van der Waals surface area contributed by atoms with Crippen LogP contribution < -0.4 is 4.90 Å². The Labute approximate surface area is 89.1 Å². The first-order chi connectivity index (χ1) is 7.35. The normalized spacial score (nSPS) is 20.3. The van der Waals surface area contributed by atoms with Crippen LogP contribution >= 0.6 is 0 Å².